The largest absolute Gasteiger partial charge is 0.322 e. The molecule has 0 aliphatic heterocycles. The Kier molecular flexibility index (Phi) is 5.39. The van der Waals surface area contributed by atoms with Gasteiger partial charge in [0.25, 0.3) is 0 Å². The number of benzene rings is 1. The third-order valence-corrected chi connectivity index (χ3v) is 4.70. The van der Waals surface area contributed by atoms with Crippen LogP contribution in [0.5, 0.6) is 0 Å². The van der Waals surface area contributed by atoms with Crippen molar-refractivity contribution >= 4 is 17.4 Å². The molecular weight excluding hydrogens is 312 g/mol. The Labute approximate surface area is 148 Å². The first kappa shape index (κ1) is 17.1. The molecule has 2 aromatic rings. The normalized spacial score (nSPS) is 14.7. The van der Waals surface area contributed by atoms with E-state index in [0.717, 1.165) is 36.8 Å². The average molecular weight is 334 g/mol. The topological polar surface area (TPSA) is 59.1 Å². The minimum atomic E-state index is -0.281. The highest BCUT2D eigenvalue weighted by molar-refractivity contribution is 6.04. The first-order chi connectivity index (χ1) is 12.2. The number of hydrogen-bond donors (Lipinski definition) is 1. The van der Waals surface area contributed by atoms with Crippen LogP contribution in [0.25, 0.3) is 11.1 Å². The number of Topliss-reactive ketones (excluding diaryl/α,β-unsaturated/α-hetero) is 1. The van der Waals surface area contributed by atoms with Gasteiger partial charge in [-0.15, -0.1) is 0 Å². The highest BCUT2D eigenvalue weighted by atomic mass is 16.1. The molecule has 1 aliphatic rings. The van der Waals surface area contributed by atoms with E-state index in [1.165, 1.54) is 12.5 Å². The molecule has 1 amide bonds. The van der Waals surface area contributed by atoms with Crippen LogP contribution in [0.4, 0.5) is 5.69 Å². The van der Waals surface area contributed by atoms with Crippen molar-refractivity contribution in [2.24, 2.45) is 5.92 Å². The minimum absolute atomic E-state index is 0.115. The van der Waals surface area contributed by atoms with Crippen LogP contribution >= 0.6 is 0 Å². The van der Waals surface area contributed by atoms with E-state index in [9.17, 15) is 9.59 Å². The molecule has 4 nitrogen and oxygen atoms in total. The third-order valence-electron chi connectivity index (χ3n) is 4.70. The zero-order valence-corrected chi connectivity index (χ0v) is 14.2. The monoisotopic (exact) mass is 334 g/mol. The minimum Gasteiger partial charge on any atom is -0.322 e. The Morgan fingerprint density at radius 3 is 2.64 bits per heavy atom. The Morgan fingerprint density at radius 2 is 1.96 bits per heavy atom. The molecule has 1 aromatic heterocycles. The summed E-state index contributed by atoms with van der Waals surface area (Å²) < 4.78 is 0. The van der Waals surface area contributed by atoms with Gasteiger partial charge in [-0.05, 0) is 43.2 Å². The standard InChI is InChI=1S/C21H22N2O2/c1-2-20(24)23-19-11-10-16(21(25)15-7-4-3-5-8-15)13-18(19)17-9-6-12-22-14-17/h2,6,9-15H,1,3-5,7-8H2,(H,23,24). The summed E-state index contributed by atoms with van der Waals surface area (Å²) in [6.07, 6.45) is 10.1. The number of rotatable bonds is 5. The van der Waals surface area contributed by atoms with Gasteiger partial charge in [0, 0.05) is 40.7 Å². The van der Waals surface area contributed by atoms with E-state index in [1.54, 1.807) is 24.5 Å². The zero-order chi connectivity index (χ0) is 17.6. The van der Waals surface area contributed by atoms with Crippen molar-refractivity contribution in [2.45, 2.75) is 32.1 Å². The van der Waals surface area contributed by atoms with Gasteiger partial charge in [0.1, 0.15) is 0 Å². The van der Waals surface area contributed by atoms with Gasteiger partial charge in [0.05, 0.1) is 0 Å². The lowest BCUT2D eigenvalue weighted by molar-refractivity contribution is -0.111. The molecule has 1 aliphatic carbocycles. The maximum absolute atomic E-state index is 12.9. The van der Waals surface area contributed by atoms with Crippen LogP contribution in [0.15, 0.2) is 55.4 Å². The van der Waals surface area contributed by atoms with E-state index in [2.05, 4.69) is 16.9 Å². The molecule has 25 heavy (non-hydrogen) atoms. The number of nitrogens with one attached hydrogen (secondary N) is 1. The molecule has 0 unspecified atom stereocenters. The van der Waals surface area contributed by atoms with Gasteiger partial charge >= 0.3 is 0 Å². The Balaban J connectivity index is 1.97. The number of nitrogens with zero attached hydrogens (tertiary/aromatic N) is 1. The molecule has 1 aromatic carbocycles. The summed E-state index contributed by atoms with van der Waals surface area (Å²) in [5.74, 6) is 0.0343. The molecule has 3 rings (SSSR count). The number of carbonyl (C=O) groups excluding carboxylic acids is 2. The highest BCUT2D eigenvalue weighted by Gasteiger charge is 2.23. The van der Waals surface area contributed by atoms with E-state index in [-0.39, 0.29) is 17.6 Å². The van der Waals surface area contributed by atoms with Crippen LogP contribution in [0, 0.1) is 5.92 Å². The van der Waals surface area contributed by atoms with Crippen LogP contribution < -0.4 is 5.32 Å². The SMILES string of the molecule is C=CC(=O)Nc1ccc(C(=O)C2CCCCC2)cc1-c1cccnc1. The van der Waals surface area contributed by atoms with Gasteiger partial charge in [0.15, 0.2) is 5.78 Å². The fourth-order valence-corrected chi connectivity index (χ4v) is 3.35. The molecule has 0 radical (unpaired) electrons. The summed E-state index contributed by atoms with van der Waals surface area (Å²) in [5, 5.41) is 2.81. The second-order valence-electron chi connectivity index (χ2n) is 6.39. The summed E-state index contributed by atoms with van der Waals surface area (Å²) in [5.41, 5.74) is 3.01. The third kappa shape index (κ3) is 4.02. The van der Waals surface area contributed by atoms with Gasteiger partial charge in [-0.3, -0.25) is 14.6 Å². The van der Waals surface area contributed by atoms with Crippen molar-refractivity contribution in [2.75, 3.05) is 5.32 Å². The van der Waals surface area contributed by atoms with Crippen molar-refractivity contribution in [3.05, 3.63) is 60.9 Å². The van der Waals surface area contributed by atoms with Gasteiger partial charge in [-0.2, -0.15) is 0 Å². The second-order valence-corrected chi connectivity index (χ2v) is 6.39. The zero-order valence-electron chi connectivity index (χ0n) is 14.2. The number of ketones is 1. The van der Waals surface area contributed by atoms with E-state index in [4.69, 9.17) is 0 Å². The first-order valence-electron chi connectivity index (χ1n) is 8.71. The lowest BCUT2D eigenvalue weighted by Crippen LogP contribution is -2.18. The molecule has 1 saturated carbocycles. The van der Waals surface area contributed by atoms with Gasteiger partial charge in [-0.25, -0.2) is 0 Å². The van der Waals surface area contributed by atoms with Crippen molar-refractivity contribution in [1.29, 1.82) is 0 Å². The van der Waals surface area contributed by atoms with E-state index >= 15 is 0 Å². The number of carbonyl (C=O) groups is 2. The maximum atomic E-state index is 12.9. The predicted molar refractivity (Wildman–Crippen MR) is 99.4 cm³/mol. The van der Waals surface area contributed by atoms with Gasteiger partial charge in [-0.1, -0.05) is 31.9 Å². The smallest absolute Gasteiger partial charge is 0.247 e. The lowest BCUT2D eigenvalue weighted by Gasteiger charge is -2.21. The summed E-state index contributed by atoms with van der Waals surface area (Å²) >= 11 is 0. The predicted octanol–water partition coefficient (Wildman–Crippen LogP) is 4.64. The summed E-state index contributed by atoms with van der Waals surface area (Å²) in [4.78, 5) is 28.7. The molecule has 1 heterocycles. The fourth-order valence-electron chi connectivity index (χ4n) is 3.35. The first-order valence-corrected chi connectivity index (χ1v) is 8.71. The van der Waals surface area contributed by atoms with E-state index in [1.807, 2.05) is 18.2 Å². The van der Waals surface area contributed by atoms with Crippen molar-refractivity contribution in [3.8, 4) is 11.1 Å². The Morgan fingerprint density at radius 1 is 1.16 bits per heavy atom. The van der Waals surface area contributed by atoms with Crippen LogP contribution in [0.2, 0.25) is 0 Å². The van der Waals surface area contributed by atoms with Crippen molar-refractivity contribution < 1.29 is 9.59 Å². The molecule has 0 saturated heterocycles. The van der Waals surface area contributed by atoms with E-state index in [0.29, 0.717) is 11.3 Å². The molecule has 4 heteroatoms. The summed E-state index contributed by atoms with van der Waals surface area (Å²) in [6.45, 7) is 3.49. The molecule has 1 N–H and O–H groups in total. The highest BCUT2D eigenvalue weighted by Crippen LogP contribution is 2.32. The van der Waals surface area contributed by atoms with Crippen molar-refractivity contribution in [1.82, 2.24) is 4.98 Å². The van der Waals surface area contributed by atoms with Crippen LogP contribution in [-0.4, -0.2) is 16.7 Å². The summed E-state index contributed by atoms with van der Waals surface area (Å²) in [7, 11) is 0. The molecule has 0 spiro atoms. The molecule has 128 valence electrons. The molecule has 0 atom stereocenters. The molecule has 1 fully saturated rings. The van der Waals surface area contributed by atoms with E-state index < -0.39 is 0 Å². The maximum Gasteiger partial charge on any atom is 0.247 e. The van der Waals surface area contributed by atoms with Gasteiger partial charge in [0.2, 0.25) is 5.91 Å². The fraction of sp³-hybridized carbons (Fsp3) is 0.286. The number of anilines is 1. The average Bonchev–Trinajstić information content (AvgIpc) is 2.69. The van der Waals surface area contributed by atoms with Crippen LogP contribution in [0.1, 0.15) is 42.5 Å². The quantitative estimate of drug-likeness (QED) is 0.640. The lowest BCUT2D eigenvalue weighted by atomic mass is 9.83. The Hall–Kier alpha value is -2.75. The van der Waals surface area contributed by atoms with Crippen LogP contribution in [-0.2, 0) is 4.79 Å². The van der Waals surface area contributed by atoms with Crippen molar-refractivity contribution in [3.63, 3.8) is 0 Å². The number of amides is 1. The van der Waals surface area contributed by atoms with Crippen LogP contribution in [0.3, 0.4) is 0 Å². The molecular formula is C21H22N2O2. The molecule has 0 bridgehead atoms. The van der Waals surface area contributed by atoms with Gasteiger partial charge < -0.3 is 5.32 Å². The summed E-state index contributed by atoms with van der Waals surface area (Å²) in [6, 6.07) is 9.22. The second kappa shape index (κ2) is 7.88. The number of aromatic nitrogens is 1. The number of pyridine rings is 1. The number of hydrogen-bond acceptors (Lipinski definition) is 3. The Bertz CT molecular complexity index is 778.